The number of hydrogen-bond acceptors (Lipinski definition) is 4. The molecular formula is C8H10F2N4O. The first-order chi connectivity index (χ1) is 7.13. The Kier molecular flexibility index (Phi) is 3.90. The largest absolute Gasteiger partial charge is 0.372 e. The van der Waals surface area contributed by atoms with Gasteiger partial charge in [-0.3, -0.25) is 9.78 Å². The van der Waals surface area contributed by atoms with Crippen LogP contribution in [0.5, 0.6) is 0 Å². The first kappa shape index (κ1) is 11.3. The van der Waals surface area contributed by atoms with Crippen molar-refractivity contribution in [1.29, 1.82) is 0 Å². The number of alkyl halides is 2. The summed E-state index contributed by atoms with van der Waals surface area (Å²) in [6.45, 7) is -0.690. The summed E-state index contributed by atoms with van der Waals surface area (Å²) in [6, 6.07) is 0. The van der Waals surface area contributed by atoms with Gasteiger partial charge in [-0.2, -0.15) is 0 Å². The molecule has 0 radical (unpaired) electrons. The third-order valence-corrected chi connectivity index (χ3v) is 1.54. The smallest absolute Gasteiger partial charge is 0.271 e. The Labute approximate surface area is 84.9 Å². The van der Waals surface area contributed by atoms with Gasteiger partial charge in [0.15, 0.2) is 0 Å². The molecule has 5 nitrogen and oxygen atoms in total. The van der Waals surface area contributed by atoms with E-state index in [0.29, 0.717) is 5.82 Å². The fourth-order valence-corrected chi connectivity index (χ4v) is 0.856. The van der Waals surface area contributed by atoms with Crippen LogP contribution >= 0.6 is 0 Å². The van der Waals surface area contributed by atoms with Crippen LogP contribution in [0.25, 0.3) is 0 Å². The normalized spacial score (nSPS) is 10.1. The van der Waals surface area contributed by atoms with Crippen molar-refractivity contribution in [3.8, 4) is 0 Å². The minimum atomic E-state index is -2.57. The van der Waals surface area contributed by atoms with Crippen LogP contribution in [-0.4, -0.2) is 35.9 Å². The molecule has 0 aliphatic carbocycles. The Morgan fingerprint density at radius 1 is 1.53 bits per heavy atom. The van der Waals surface area contributed by atoms with Gasteiger partial charge in [0.05, 0.1) is 18.9 Å². The fourth-order valence-electron chi connectivity index (χ4n) is 0.856. The average molecular weight is 216 g/mol. The van der Waals surface area contributed by atoms with Crippen molar-refractivity contribution < 1.29 is 13.6 Å². The molecule has 1 heterocycles. The summed E-state index contributed by atoms with van der Waals surface area (Å²) in [5.74, 6) is -0.264. The number of amides is 1. The van der Waals surface area contributed by atoms with Crippen molar-refractivity contribution in [3.05, 3.63) is 18.1 Å². The number of hydrogen-bond donors (Lipinski definition) is 2. The molecular weight excluding hydrogens is 206 g/mol. The van der Waals surface area contributed by atoms with Gasteiger partial charge in [0.1, 0.15) is 11.5 Å². The van der Waals surface area contributed by atoms with Crippen molar-refractivity contribution in [2.45, 2.75) is 6.43 Å². The summed E-state index contributed by atoms with van der Waals surface area (Å²) in [5, 5.41) is 4.72. The maximum Gasteiger partial charge on any atom is 0.271 e. The molecule has 0 aliphatic rings. The molecule has 1 aromatic rings. The first-order valence-electron chi connectivity index (χ1n) is 4.19. The highest BCUT2D eigenvalue weighted by Gasteiger charge is 2.10. The van der Waals surface area contributed by atoms with E-state index in [0.717, 1.165) is 0 Å². The van der Waals surface area contributed by atoms with Gasteiger partial charge in [0, 0.05) is 7.05 Å². The molecule has 0 unspecified atom stereocenters. The van der Waals surface area contributed by atoms with Gasteiger partial charge in [-0.05, 0) is 0 Å². The van der Waals surface area contributed by atoms with Gasteiger partial charge in [0.25, 0.3) is 12.3 Å². The quantitative estimate of drug-likeness (QED) is 0.769. The van der Waals surface area contributed by atoms with E-state index in [4.69, 9.17) is 0 Å². The lowest BCUT2D eigenvalue weighted by molar-refractivity contribution is 0.0886. The summed E-state index contributed by atoms with van der Waals surface area (Å²) in [7, 11) is 1.62. The number of aromatic nitrogens is 2. The van der Waals surface area contributed by atoms with E-state index in [1.807, 2.05) is 5.32 Å². The van der Waals surface area contributed by atoms with Crippen molar-refractivity contribution in [1.82, 2.24) is 15.3 Å². The Balaban J connectivity index is 2.65. The lowest BCUT2D eigenvalue weighted by atomic mass is 10.4. The molecule has 1 aromatic heterocycles. The molecule has 0 aromatic carbocycles. The monoisotopic (exact) mass is 216 g/mol. The number of nitrogens with one attached hydrogen (secondary N) is 2. The molecule has 2 N–H and O–H groups in total. The van der Waals surface area contributed by atoms with Crippen LogP contribution in [0.1, 0.15) is 10.5 Å². The fraction of sp³-hybridized carbons (Fsp3) is 0.375. The van der Waals surface area contributed by atoms with Crippen molar-refractivity contribution in [2.24, 2.45) is 0 Å². The van der Waals surface area contributed by atoms with Crippen LogP contribution in [0.3, 0.4) is 0 Å². The minimum Gasteiger partial charge on any atom is -0.372 e. The Hall–Kier alpha value is -1.79. The molecule has 0 saturated carbocycles. The summed E-state index contributed by atoms with van der Waals surface area (Å²) >= 11 is 0. The molecule has 1 amide bonds. The zero-order chi connectivity index (χ0) is 11.3. The highest BCUT2D eigenvalue weighted by Crippen LogP contribution is 2.00. The number of carbonyl (C=O) groups excluding carboxylic acids is 1. The molecule has 15 heavy (non-hydrogen) atoms. The number of nitrogens with zero attached hydrogens (tertiary/aromatic N) is 2. The maximum atomic E-state index is 11.8. The molecule has 1 rings (SSSR count). The second kappa shape index (κ2) is 5.18. The first-order valence-corrected chi connectivity index (χ1v) is 4.19. The van der Waals surface area contributed by atoms with Gasteiger partial charge in [-0.15, -0.1) is 0 Å². The van der Waals surface area contributed by atoms with Gasteiger partial charge < -0.3 is 10.6 Å². The molecule has 0 atom stereocenters. The maximum absolute atomic E-state index is 11.8. The van der Waals surface area contributed by atoms with Crippen molar-refractivity contribution >= 4 is 11.7 Å². The Morgan fingerprint density at radius 2 is 2.27 bits per heavy atom. The predicted octanol–water partition coefficient (Wildman–Crippen LogP) is 0.513. The lowest BCUT2D eigenvalue weighted by Gasteiger charge is -2.04. The molecule has 0 saturated heterocycles. The van der Waals surface area contributed by atoms with E-state index in [1.165, 1.54) is 12.4 Å². The third kappa shape index (κ3) is 3.45. The second-order valence-electron chi connectivity index (χ2n) is 2.64. The lowest BCUT2D eigenvalue weighted by Crippen LogP contribution is -2.29. The average Bonchev–Trinajstić information content (AvgIpc) is 2.26. The molecule has 0 bridgehead atoms. The van der Waals surface area contributed by atoms with E-state index >= 15 is 0 Å². The zero-order valence-electron chi connectivity index (χ0n) is 8.00. The van der Waals surface area contributed by atoms with E-state index < -0.39 is 18.9 Å². The van der Waals surface area contributed by atoms with E-state index in [-0.39, 0.29) is 5.69 Å². The topological polar surface area (TPSA) is 66.9 Å². The standard InChI is InChI=1S/C8H10F2N4O/c1-11-7-4-12-2-5(14-7)8(15)13-3-6(9)10/h2,4,6H,3H2,1H3,(H,11,14)(H,13,15). The number of carbonyl (C=O) groups is 1. The third-order valence-electron chi connectivity index (χ3n) is 1.54. The molecule has 0 fully saturated rings. The summed E-state index contributed by atoms with van der Waals surface area (Å²) in [6.07, 6.45) is 0.0559. The van der Waals surface area contributed by atoms with Gasteiger partial charge >= 0.3 is 0 Å². The highest BCUT2D eigenvalue weighted by atomic mass is 19.3. The highest BCUT2D eigenvalue weighted by molar-refractivity contribution is 5.92. The molecule has 7 heteroatoms. The van der Waals surface area contributed by atoms with E-state index in [9.17, 15) is 13.6 Å². The zero-order valence-corrected chi connectivity index (χ0v) is 8.00. The predicted molar refractivity (Wildman–Crippen MR) is 49.9 cm³/mol. The van der Waals surface area contributed by atoms with Gasteiger partial charge in [-0.1, -0.05) is 0 Å². The summed E-state index contributed by atoms with van der Waals surface area (Å²) in [4.78, 5) is 18.8. The van der Waals surface area contributed by atoms with E-state index in [2.05, 4.69) is 15.3 Å². The van der Waals surface area contributed by atoms with Crippen LogP contribution < -0.4 is 10.6 Å². The molecule has 82 valence electrons. The number of halogens is 2. The van der Waals surface area contributed by atoms with Gasteiger partial charge in [-0.25, -0.2) is 13.8 Å². The summed E-state index contributed by atoms with van der Waals surface area (Å²) in [5.41, 5.74) is 0.00231. The van der Waals surface area contributed by atoms with Crippen LogP contribution in [-0.2, 0) is 0 Å². The summed E-state index contributed by atoms with van der Waals surface area (Å²) < 4.78 is 23.6. The van der Waals surface area contributed by atoms with E-state index in [1.54, 1.807) is 7.05 Å². The number of anilines is 1. The second-order valence-corrected chi connectivity index (χ2v) is 2.64. The Morgan fingerprint density at radius 3 is 2.87 bits per heavy atom. The molecule has 0 aliphatic heterocycles. The number of rotatable bonds is 4. The minimum absolute atomic E-state index is 0.00231. The van der Waals surface area contributed by atoms with Gasteiger partial charge in [0.2, 0.25) is 0 Å². The van der Waals surface area contributed by atoms with Crippen LogP contribution in [0.4, 0.5) is 14.6 Å². The SMILES string of the molecule is CNc1cncc(C(=O)NCC(F)F)n1. The van der Waals surface area contributed by atoms with Crippen molar-refractivity contribution in [3.63, 3.8) is 0 Å². The van der Waals surface area contributed by atoms with Crippen molar-refractivity contribution in [2.75, 3.05) is 18.9 Å². The van der Waals surface area contributed by atoms with Crippen LogP contribution in [0.2, 0.25) is 0 Å². The Bertz CT molecular complexity index is 345. The van der Waals surface area contributed by atoms with Crippen LogP contribution in [0, 0.1) is 0 Å². The molecule has 0 spiro atoms. The van der Waals surface area contributed by atoms with Crippen LogP contribution in [0.15, 0.2) is 12.4 Å².